The molecule has 3 aromatic rings. The van der Waals surface area contributed by atoms with Gasteiger partial charge in [0.25, 0.3) is 0 Å². The molecule has 3 aromatic carbocycles. The van der Waals surface area contributed by atoms with Gasteiger partial charge >= 0.3 is 0 Å². The van der Waals surface area contributed by atoms with Crippen molar-refractivity contribution in [3.05, 3.63) is 89.5 Å². The van der Waals surface area contributed by atoms with Crippen LogP contribution in [0.5, 0.6) is 5.75 Å². The van der Waals surface area contributed by atoms with E-state index >= 15 is 4.39 Å². The maximum absolute atomic E-state index is 16.7. The molecule has 25 heavy (non-hydrogen) atoms. The average Bonchev–Trinajstić information content (AvgIpc) is 2.93. The first-order valence-corrected chi connectivity index (χ1v) is 8.25. The quantitative estimate of drug-likeness (QED) is 0.646. The van der Waals surface area contributed by atoms with E-state index in [4.69, 9.17) is 9.47 Å². The molecular formula is C22H19FO2. The van der Waals surface area contributed by atoms with Gasteiger partial charge in [-0.15, -0.1) is 0 Å². The van der Waals surface area contributed by atoms with Crippen molar-refractivity contribution in [2.75, 3.05) is 14.2 Å². The fourth-order valence-corrected chi connectivity index (χ4v) is 3.80. The Bertz CT molecular complexity index is 856. The first-order chi connectivity index (χ1) is 12.2. The van der Waals surface area contributed by atoms with Crippen LogP contribution < -0.4 is 4.74 Å². The number of benzene rings is 3. The number of hydrogen-bond donors (Lipinski definition) is 0. The maximum atomic E-state index is 16.7. The van der Waals surface area contributed by atoms with Crippen LogP contribution in [0.25, 0.3) is 11.1 Å². The SMILES string of the molecule is COc1ccc(C(OC)C2(F)c3ccccc3-c3ccccc32)cc1. The minimum Gasteiger partial charge on any atom is -0.497 e. The molecule has 0 saturated carbocycles. The second kappa shape index (κ2) is 6.01. The molecular weight excluding hydrogens is 315 g/mol. The zero-order valence-electron chi connectivity index (χ0n) is 14.2. The summed E-state index contributed by atoms with van der Waals surface area (Å²) in [6.45, 7) is 0. The van der Waals surface area contributed by atoms with Crippen LogP contribution in [0.4, 0.5) is 4.39 Å². The zero-order valence-corrected chi connectivity index (χ0v) is 14.2. The molecule has 0 aromatic heterocycles. The van der Waals surface area contributed by atoms with E-state index in [-0.39, 0.29) is 0 Å². The van der Waals surface area contributed by atoms with E-state index in [1.165, 1.54) is 0 Å². The number of rotatable bonds is 4. The summed E-state index contributed by atoms with van der Waals surface area (Å²) in [5.41, 5.74) is 2.19. The summed E-state index contributed by atoms with van der Waals surface area (Å²) >= 11 is 0. The van der Waals surface area contributed by atoms with Crippen molar-refractivity contribution >= 4 is 0 Å². The van der Waals surface area contributed by atoms with Crippen LogP contribution in [0.1, 0.15) is 22.8 Å². The molecule has 0 bridgehead atoms. The molecule has 2 nitrogen and oxygen atoms in total. The Labute approximate surface area is 146 Å². The Kier molecular flexibility index (Phi) is 3.81. The number of halogens is 1. The third-order valence-electron chi connectivity index (χ3n) is 4.94. The Morgan fingerprint density at radius 3 is 1.76 bits per heavy atom. The number of ether oxygens (including phenoxy) is 2. The Morgan fingerprint density at radius 2 is 1.28 bits per heavy atom. The summed E-state index contributed by atoms with van der Waals surface area (Å²) in [6, 6.07) is 22.7. The first kappa shape index (κ1) is 15.9. The van der Waals surface area contributed by atoms with Gasteiger partial charge in [0, 0.05) is 18.2 Å². The minimum absolute atomic E-state index is 0.652. The second-order valence-corrected chi connectivity index (χ2v) is 6.19. The van der Waals surface area contributed by atoms with Gasteiger partial charge in [-0.3, -0.25) is 0 Å². The molecule has 0 fully saturated rings. The fourth-order valence-electron chi connectivity index (χ4n) is 3.80. The van der Waals surface area contributed by atoms with E-state index in [0.717, 1.165) is 22.4 Å². The topological polar surface area (TPSA) is 18.5 Å². The third kappa shape index (κ3) is 2.27. The predicted molar refractivity (Wildman–Crippen MR) is 96.5 cm³/mol. The lowest BCUT2D eigenvalue weighted by atomic mass is 9.84. The summed E-state index contributed by atoms with van der Waals surface area (Å²) in [5, 5.41) is 0. The van der Waals surface area contributed by atoms with Gasteiger partial charge in [-0.1, -0.05) is 60.7 Å². The van der Waals surface area contributed by atoms with E-state index < -0.39 is 11.8 Å². The van der Waals surface area contributed by atoms with Gasteiger partial charge in [-0.05, 0) is 28.8 Å². The molecule has 0 spiro atoms. The molecule has 3 heteroatoms. The molecule has 0 saturated heterocycles. The van der Waals surface area contributed by atoms with Gasteiger partial charge in [0.15, 0.2) is 5.67 Å². The summed E-state index contributed by atoms with van der Waals surface area (Å²) < 4.78 is 27.6. The number of methoxy groups -OCH3 is 2. The van der Waals surface area contributed by atoms with E-state index in [9.17, 15) is 0 Å². The number of fused-ring (bicyclic) bond motifs is 3. The third-order valence-corrected chi connectivity index (χ3v) is 4.94. The van der Waals surface area contributed by atoms with Crippen molar-refractivity contribution in [1.82, 2.24) is 0 Å². The van der Waals surface area contributed by atoms with E-state index in [1.54, 1.807) is 14.2 Å². The van der Waals surface area contributed by atoms with E-state index in [1.807, 2.05) is 72.8 Å². The van der Waals surface area contributed by atoms with Crippen LogP contribution in [0.2, 0.25) is 0 Å². The maximum Gasteiger partial charge on any atom is 0.192 e. The molecule has 0 aliphatic heterocycles. The molecule has 1 aliphatic rings. The monoisotopic (exact) mass is 334 g/mol. The number of hydrogen-bond acceptors (Lipinski definition) is 2. The van der Waals surface area contributed by atoms with Crippen LogP contribution in [-0.4, -0.2) is 14.2 Å². The molecule has 0 amide bonds. The summed E-state index contributed by atoms with van der Waals surface area (Å²) in [5.74, 6) is 0.735. The molecule has 0 N–H and O–H groups in total. The smallest absolute Gasteiger partial charge is 0.192 e. The molecule has 0 heterocycles. The predicted octanol–water partition coefficient (Wildman–Crippen LogP) is 5.28. The molecule has 1 unspecified atom stereocenters. The van der Waals surface area contributed by atoms with Gasteiger partial charge in [0.05, 0.1) is 7.11 Å². The Morgan fingerprint density at radius 1 is 0.760 bits per heavy atom. The normalized spacial score (nSPS) is 15.3. The average molecular weight is 334 g/mol. The standard InChI is InChI=1S/C22H19FO2/c1-24-16-13-11-15(12-14-16)21(25-2)22(23)19-9-5-3-7-17(19)18-8-4-6-10-20(18)22/h3-14,21H,1-2H3. The fraction of sp³-hybridized carbons (Fsp3) is 0.182. The lowest BCUT2D eigenvalue weighted by Crippen LogP contribution is -2.29. The van der Waals surface area contributed by atoms with Crippen LogP contribution in [-0.2, 0) is 10.4 Å². The lowest BCUT2D eigenvalue weighted by molar-refractivity contribution is -0.0170. The summed E-state index contributed by atoms with van der Waals surface area (Å²) in [6.07, 6.45) is -0.747. The lowest BCUT2D eigenvalue weighted by Gasteiger charge is -2.31. The van der Waals surface area contributed by atoms with Crippen LogP contribution in [0, 0.1) is 0 Å². The second-order valence-electron chi connectivity index (χ2n) is 6.19. The number of alkyl halides is 1. The van der Waals surface area contributed by atoms with Crippen molar-refractivity contribution in [2.45, 2.75) is 11.8 Å². The minimum atomic E-state index is -1.74. The van der Waals surface area contributed by atoms with Crippen LogP contribution in [0.3, 0.4) is 0 Å². The highest BCUT2D eigenvalue weighted by Crippen LogP contribution is 2.56. The summed E-state index contributed by atoms with van der Waals surface area (Å²) in [7, 11) is 3.17. The highest BCUT2D eigenvalue weighted by atomic mass is 19.1. The molecule has 1 atom stereocenters. The molecule has 1 aliphatic carbocycles. The molecule has 4 rings (SSSR count). The van der Waals surface area contributed by atoms with Crippen molar-refractivity contribution in [1.29, 1.82) is 0 Å². The van der Waals surface area contributed by atoms with Crippen molar-refractivity contribution in [3.8, 4) is 16.9 Å². The van der Waals surface area contributed by atoms with Crippen LogP contribution in [0.15, 0.2) is 72.8 Å². The molecule has 126 valence electrons. The van der Waals surface area contributed by atoms with Crippen molar-refractivity contribution in [3.63, 3.8) is 0 Å². The zero-order chi connectivity index (χ0) is 17.4. The highest BCUT2D eigenvalue weighted by Gasteiger charge is 2.50. The van der Waals surface area contributed by atoms with Gasteiger partial charge in [0.1, 0.15) is 11.9 Å². The first-order valence-electron chi connectivity index (χ1n) is 8.25. The highest BCUT2D eigenvalue weighted by molar-refractivity contribution is 5.80. The van der Waals surface area contributed by atoms with Crippen LogP contribution >= 0.6 is 0 Å². The largest absolute Gasteiger partial charge is 0.497 e. The van der Waals surface area contributed by atoms with Crippen molar-refractivity contribution in [2.24, 2.45) is 0 Å². The van der Waals surface area contributed by atoms with E-state index in [2.05, 4.69) is 0 Å². The van der Waals surface area contributed by atoms with Gasteiger partial charge in [-0.2, -0.15) is 0 Å². The van der Waals surface area contributed by atoms with Gasteiger partial charge < -0.3 is 9.47 Å². The Hall–Kier alpha value is -2.65. The van der Waals surface area contributed by atoms with Gasteiger partial charge in [0.2, 0.25) is 0 Å². The van der Waals surface area contributed by atoms with Gasteiger partial charge in [-0.25, -0.2) is 4.39 Å². The van der Waals surface area contributed by atoms with Crippen molar-refractivity contribution < 1.29 is 13.9 Å². The molecule has 0 radical (unpaired) electrons. The summed E-state index contributed by atoms with van der Waals surface area (Å²) in [4.78, 5) is 0. The Balaban J connectivity index is 1.92. The van der Waals surface area contributed by atoms with E-state index in [0.29, 0.717) is 11.1 Å².